The third-order valence-electron chi connectivity index (χ3n) is 1.34. The van der Waals surface area contributed by atoms with E-state index in [1.165, 1.54) is 30.3 Å². The number of alkyl halides is 6. The van der Waals surface area contributed by atoms with Gasteiger partial charge in [0, 0.05) is 0 Å². The number of benzene rings is 1. The fourth-order valence-electron chi connectivity index (χ4n) is 0.862. The van der Waals surface area contributed by atoms with Gasteiger partial charge in [-0.15, -0.1) is 0 Å². The summed E-state index contributed by atoms with van der Waals surface area (Å²) in [5, 5.41) is 0.0483. The van der Waals surface area contributed by atoms with E-state index in [4.69, 9.17) is 0 Å². The first kappa shape index (κ1) is 15.0. The second-order valence-corrected chi connectivity index (χ2v) is 8.97. The predicted octanol–water partition coefficient (Wildman–Crippen LogP) is 5.13. The molecular weight excluding hydrogens is 305 g/mol. The molecule has 0 saturated heterocycles. The smallest absolute Gasteiger partial charge is 0.160 e. The maximum Gasteiger partial charge on any atom is 0.446 e. The molecule has 1 aromatic carbocycles. The third kappa shape index (κ3) is 6.43. The van der Waals surface area contributed by atoms with Crippen LogP contribution in [-0.2, 0) is 0 Å². The molecule has 0 nitrogen and oxygen atoms in total. The molecule has 0 N–H and O–H groups in total. The molecule has 96 valence electrons. The SMILES string of the molecule is FC(F)(F)SP(SC(F)(F)F)c1ccccc1. The monoisotopic (exact) mass is 310 g/mol. The first-order valence-corrected chi connectivity index (χ1v) is 8.23. The van der Waals surface area contributed by atoms with Crippen molar-refractivity contribution in [3.05, 3.63) is 30.3 Å². The molecule has 0 amide bonds. The molecule has 9 heteroatoms. The Morgan fingerprint density at radius 3 is 1.53 bits per heavy atom. The molecule has 0 aromatic heterocycles. The Morgan fingerprint density at radius 2 is 1.18 bits per heavy atom. The van der Waals surface area contributed by atoms with Gasteiger partial charge in [-0.25, -0.2) is 0 Å². The van der Waals surface area contributed by atoms with Gasteiger partial charge in [-0.1, -0.05) is 30.3 Å². The summed E-state index contributed by atoms with van der Waals surface area (Å²) in [5.41, 5.74) is -9.36. The molecule has 0 saturated carbocycles. The summed E-state index contributed by atoms with van der Waals surface area (Å²) in [6, 6.07) is 6.90. The minimum atomic E-state index is -4.68. The van der Waals surface area contributed by atoms with Gasteiger partial charge in [0.25, 0.3) is 0 Å². The van der Waals surface area contributed by atoms with Crippen molar-refractivity contribution in [1.29, 1.82) is 0 Å². The van der Waals surface area contributed by atoms with Crippen LogP contribution in [0.3, 0.4) is 0 Å². The standard InChI is InChI=1S/C8H5F6PS2/c9-7(10,11)16-15(17-8(12,13)14)6-4-2-1-3-5-6/h1-5H. The van der Waals surface area contributed by atoms with E-state index in [1.807, 2.05) is 0 Å². The van der Waals surface area contributed by atoms with Crippen LogP contribution in [0.15, 0.2) is 30.3 Å². The van der Waals surface area contributed by atoms with Crippen LogP contribution in [0, 0.1) is 0 Å². The first-order valence-electron chi connectivity index (χ1n) is 4.04. The van der Waals surface area contributed by atoms with Gasteiger partial charge in [0.1, 0.15) is 0 Å². The van der Waals surface area contributed by atoms with Gasteiger partial charge in [0.15, 0.2) is 0 Å². The molecular formula is C8H5F6PS2. The van der Waals surface area contributed by atoms with Crippen molar-refractivity contribution in [2.24, 2.45) is 0 Å². The summed E-state index contributed by atoms with van der Waals surface area (Å²) in [5.74, 6) is 0. The fraction of sp³-hybridized carbons (Fsp3) is 0.250. The highest BCUT2D eigenvalue weighted by Crippen LogP contribution is 2.69. The van der Waals surface area contributed by atoms with Crippen LogP contribution in [0.2, 0.25) is 0 Å². The van der Waals surface area contributed by atoms with E-state index in [0.29, 0.717) is 0 Å². The highest BCUT2D eigenvalue weighted by molar-refractivity contribution is 8.90. The normalized spacial score (nSPS) is 13.1. The number of hydrogen-bond donors (Lipinski definition) is 0. The average Bonchev–Trinajstić information content (AvgIpc) is 2.14. The van der Waals surface area contributed by atoms with Crippen LogP contribution in [0.4, 0.5) is 26.3 Å². The Kier molecular flexibility index (Phi) is 5.04. The lowest BCUT2D eigenvalue weighted by molar-refractivity contribution is -0.0313. The van der Waals surface area contributed by atoms with Gasteiger partial charge < -0.3 is 0 Å². The van der Waals surface area contributed by atoms with Crippen molar-refractivity contribution in [2.75, 3.05) is 0 Å². The number of rotatable bonds is 3. The number of hydrogen-bond acceptors (Lipinski definition) is 2. The molecule has 0 aliphatic heterocycles. The number of halogens is 6. The average molecular weight is 310 g/mol. The molecule has 0 atom stereocenters. The lowest BCUT2D eigenvalue weighted by Gasteiger charge is -2.18. The quantitative estimate of drug-likeness (QED) is 0.561. The van der Waals surface area contributed by atoms with E-state index in [2.05, 4.69) is 0 Å². The summed E-state index contributed by atoms with van der Waals surface area (Å²) < 4.78 is 73.0. The lowest BCUT2D eigenvalue weighted by atomic mass is 10.4. The second kappa shape index (κ2) is 5.71. The molecule has 0 radical (unpaired) electrons. The Bertz CT molecular complexity index is 333. The van der Waals surface area contributed by atoms with Crippen LogP contribution in [0.1, 0.15) is 0 Å². The molecule has 1 rings (SSSR count). The molecule has 17 heavy (non-hydrogen) atoms. The zero-order chi connectivity index (χ0) is 13.1. The summed E-state index contributed by atoms with van der Waals surface area (Å²) >= 11 is -1.22. The maximum atomic E-state index is 12.2. The molecule has 0 spiro atoms. The topological polar surface area (TPSA) is 0 Å². The van der Waals surface area contributed by atoms with Gasteiger partial charge in [0.05, 0.1) is 6.33 Å². The van der Waals surface area contributed by atoms with Crippen LogP contribution in [-0.4, -0.2) is 11.0 Å². The van der Waals surface area contributed by atoms with Crippen LogP contribution >= 0.6 is 29.1 Å². The molecule has 0 fully saturated rings. The molecule has 0 bridgehead atoms. The summed E-state index contributed by atoms with van der Waals surface area (Å²) in [7, 11) is 0. The van der Waals surface area contributed by atoms with E-state index in [0.717, 1.165) is 0 Å². The van der Waals surface area contributed by atoms with E-state index in [-0.39, 0.29) is 5.30 Å². The van der Waals surface area contributed by atoms with Gasteiger partial charge in [0.2, 0.25) is 0 Å². The van der Waals surface area contributed by atoms with Gasteiger partial charge in [-0.05, 0) is 28.1 Å². The third-order valence-corrected chi connectivity index (χ3v) is 7.65. The van der Waals surface area contributed by atoms with Crippen molar-refractivity contribution in [3.63, 3.8) is 0 Å². The minimum absolute atomic E-state index is 0.0483. The highest BCUT2D eigenvalue weighted by Gasteiger charge is 2.41. The van der Waals surface area contributed by atoms with Crippen LogP contribution < -0.4 is 5.30 Å². The van der Waals surface area contributed by atoms with E-state index >= 15 is 0 Å². The summed E-state index contributed by atoms with van der Waals surface area (Å²) in [6.45, 7) is 0. The zero-order valence-electron chi connectivity index (χ0n) is 7.92. The molecule has 0 aliphatic rings. The molecule has 1 aromatic rings. The van der Waals surface area contributed by atoms with Gasteiger partial charge in [-0.2, -0.15) is 26.3 Å². The van der Waals surface area contributed by atoms with Crippen molar-refractivity contribution in [2.45, 2.75) is 11.0 Å². The Hall–Kier alpha value is -0.0700. The Balaban J connectivity index is 2.87. The molecule has 0 aliphatic carbocycles. The zero-order valence-corrected chi connectivity index (χ0v) is 10.4. The predicted molar refractivity (Wildman–Crippen MR) is 60.3 cm³/mol. The minimum Gasteiger partial charge on any atom is -0.160 e. The van der Waals surface area contributed by atoms with E-state index in [9.17, 15) is 26.3 Å². The van der Waals surface area contributed by atoms with Crippen molar-refractivity contribution >= 4 is 34.4 Å². The molecule has 0 unspecified atom stereocenters. The maximum absolute atomic E-state index is 12.2. The Labute approximate surface area is 102 Å². The summed E-state index contributed by atoms with van der Waals surface area (Å²) in [6.07, 6.45) is -2.45. The van der Waals surface area contributed by atoms with Crippen molar-refractivity contribution in [3.8, 4) is 0 Å². The Morgan fingerprint density at radius 1 is 0.765 bits per heavy atom. The first-order chi connectivity index (χ1) is 7.67. The van der Waals surface area contributed by atoms with Crippen LogP contribution in [0.5, 0.6) is 0 Å². The van der Waals surface area contributed by atoms with Crippen molar-refractivity contribution in [1.82, 2.24) is 0 Å². The van der Waals surface area contributed by atoms with Crippen LogP contribution in [0.25, 0.3) is 0 Å². The lowest BCUT2D eigenvalue weighted by Crippen LogP contribution is -2.07. The fourth-order valence-corrected chi connectivity index (χ4v) is 6.36. The largest absolute Gasteiger partial charge is 0.446 e. The van der Waals surface area contributed by atoms with Gasteiger partial charge >= 0.3 is 11.0 Å². The highest BCUT2D eigenvalue weighted by atomic mass is 33.1. The van der Waals surface area contributed by atoms with E-state index < -0.39 is 40.1 Å². The van der Waals surface area contributed by atoms with E-state index in [1.54, 1.807) is 0 Å². The molecule has 0 heterocycles. The summed E-state index contributed by atoms with van der Waals surface area (Å²) in [4.78, 5) is 0. The second-order valence-electron chi connectivity index (χ2n) is 2.67. The van der Waals surface area contributed by atoms with Gasteiger partial charge in [-0.3, -0.25) is 0 Å². The van der Waals surface area contributed by atoms with Crippen molar-refractivity contribution < 1.29 is 26.3 Å².